The van der Waals surface area contributed by atoms with E-state index in [0.29, 0.717) is 22.9 Å². The monoisotopic (exact) mass is 279 g/mol. The molecule has 1 atom stereocenters. The third kappa shape index (κ3) is 3.46. The molecule has 0 heterocycles. The van der Waals surface area contributed by atoms with Gasteiger partial charge in [-0.3, -0.25) is 0 Å². The maximum atomic E-state index is 13.7. The van der Waals surface area contributed by atoms with Gasteiger partial charge in [0.1, 0.15) is 18.2 Å². The lowest BCUT2D eigenvalue weighted by Gasteiger charge is -2.14. The van der Waals surface area contributed by atoms with Gasteiger partial charge in [-0.05, 0) is 36.8 Å². The molecule has 0 aliphatic carbocycles. The molecule has 0 bridgehead atoms. The Kier molecular flexibility index (Phi) is 4.40. The predicted octanol–water partition coefficient (Wildman–Crippen LogP) is 4.08. The van der Waals surface area contributed by atoms with E-state index in [9.17, 15) is 4.39 Å². The van der Waals surface area contributed by atoms with E-state index in [1.807, 2.05) is 12.1 Å². The molecule has 1 unspecified atom stereocenters. The SMILES string of the molecule is CC(N)c1c(F)cccc1OCc1ccc(Cl)cc1. The van der Waals surface area contributed by atoms with Crippen LogP contribution in [0, 0.1) is 5.82 Å². The van der Waals surface area contributed by atoms with Crippen molar-refractivity contribution in [3.63, 3.8) is 0 Å². The normalized spacial score (nSPS) is 12.2. The number of halogens is 2. The fourth-order valence-corrected chi connectivity index (χ4v) is 1.95. The van der Waals surface area contributed by atoms with Gasteiger partial charge >= 0.3 is 0 Å². The summed E-state index contributed by atoms with van der Waals surface area (Å²) in [5, 5.41) is 0.672. The van der Waals surface area contributed by atoms with E-state index < -0.39 is 6.04 Å². The first-order valence-corrected chi connectivity index (χ1v) is 6.37. The van der Waals surface area contributed by atoms with E-state index in [1.54, 1.807) is 31.2 Å². The fourth-order valence-electron chi connectivity index (χ4n) is 1.83. The second-order valence-corrected chi connectivity index (χ2v) is 4.79. The van der Waals surface area contributed by atoms with Crippen LogP contribution in [0.1, 0.15) is 24.1 Å². The average molecular weight is 280 g/mol. The van der Waals surface area contributed by atoms with Gasteiger partial charge in [-0.1, -0.05) is 29.8 Å². The Balaban J connectivity index is 2.15. The Bertz CT molecular complexity index is 555. The summed E-state index contributed by atoms with van der Waals surface area (Å²) in [4.78, 5) is 0. The first-order chi connectivity index (χ1) is 9.08. The summed E-state index contributed by atoms with van der Waals surface area (Å²) in [6.07, 6.45) is 0. The highest BCUT2D eigenvalue weighted by atomic mass is 35.5. The van der Waals surface area contributed by atoms with E-state index in [2.05, 4.69) is 0 Å². The van der Waals surface area contributed by atoms with Crippen molar-refractivity contribution < 1.29 is 9.13 Å². The summed E-state index contributed by atoms with van der Waals surface area (Å²) < 4.78 is 19.3. The van der Waals surface area contributed by atoms with Crippen molar-refractivity contribution in [3.05, 3.63) is 64.4 Å². The molecule has 0 fully saturated rings. The average Bonchev–Trinajstić information content (AvgIpc) is 2.37. The van der Waals surface area contributed by atoms with E-state index in [1.165, 1.54) is 6.07 Å². The van der Waals surface area contributed by atoms with E-state index in [0.717, 1.165) is 5.56 Å². The van der Waals surface area contributed by atoms with Gasteiger partial charge in [0.25, 0.3) is 0 Å². The van der Waals surface area contributed by atoms with Crippen LogP contribution in [0.4, 0.5) is 4.39 Å². The summed E-state index contributed by atoms with van der Waals surface area (Å²) in [5.74, 6) is 0.133. The van der Waals surface area contributed by atoms with Crippen LogP contribution in [0.15, 0.2) is 42.5 Å². The number of rotatable bonds is 4. The molecule has 2 aromatic carbocycles. The number of hydrogen-bond acceptors (Lipinski definition) is 2. The maximum Gasteiger partial charge on any atom is 0.131 e. The molecule has 0 saturated heterocycles. The predicted molar refractivity (Wildman–Crippen MR) is 74.8 cm³/mol. The Morgan fingerprint density at radius 3 is 2.53 bits per heavy atom. The smallest absolute Gasteiger partial charge is 0.131 e. The largest absolute Gasteiger partial charge is 0.488 e. The zero-order valence-electron chi connectivity index (χ0n) is 10.6. The van der Waals surface area contributed by atoms with Crippen molar-refractivity contribution >= 4 is 11.6 Å². The molecule has 2 rings (SSSR count). The molecule has 0 aromatic heterocycles. The van der Waals surface area contributed by atoms with Gasteiger partial charge in [0.2, 0.25) is 0 Å². The summed E-state index contributed by atoms with van der Waals surface area (Å²) >= 11 is 5.81. The van der Waals surface area contributed by atoms with Gasteiger partial charge in [-0.25, -0.2) is 4.39 Å². The number of nitrogens with two attached hydrogens (primary N) is 1. The number of hydrogen-bond donors (Lipinski definition) is 1. The molecule has 0 amide bonds. The minimum Gasteiger partial charge on any atom is -0.488 e. The van der Waals surface area contributed by atoms with E-state index >= 15 is 0 Å². The molecule has 2 aromatic rings. The Morgan fingerprint density at radius 1 is 1.21 bits per heavy atom. The van der Waals surface area contributed by atoms with Crippen LogP contribution < -0.4 is 10.5 Å². The molecule has 0 radical (unpaired) electrons. The van der Waals surface area contributed by atoms with Gasteiger partial charge in [0.15, 0.2) is 0 Å². The summed E-state index contributed by atoms with van der Waals surface area (Å²) in [6.45, 7) is 2.08. The van der Waals surface area contributed by atoms with Crippen LogP contribution in [0.25, 0.3) is 0 Å². The third-order valence-corrected chi connectivity index (χ3v) is 3.03. The molecule has 2 N–H and O–H groups in total. The highest BCUT2D eigenvalue weighted by Gasteiger charge is 2.13. The lowest BCUT2D eigenvalue weighted by atomic mass is 10.1. The van der Waals surface area contributed by atoms with Gasteiger partial charge in [0, 0.05) is 16.6 Å². The van der Waals surface area contributed by atoms with Gasteiger partial charge in [-0.15, -0.1) is 0 Å². The summed E-state index contributed by atoms with van der Waals surface area (Å²) in [7, 11) is 0. The molecule has 0 spiro atoms. The minimum absolute atomic E-state index is 0.344. The number of ether oxygens (including phenoxy) is 1. The van der Waals surface area contributed by atoms with Crippen LogP contribution in [-0.2, 0) is 6.61 Å². The van der Waals surface area contributed by atoms with Crippen LogP contribution in [-0.4, -0.2) is 0 Å². The molecule has 0 aliphatic heterocycles. The highest BCUT2D eigenvalue weighted by Crippen LogP contribution is 2.27. The third-order valence-electron chi connectivity index (χ3n) is 2.78. The van der Waals surface area contributed by atoms with Crippen LogP contribution in [0.3, 0.4) is 0 Å². The zero-order chi connectivity index (χ0) is 13.8. The quantitative estimate of drug-likeness (QED) is 0.915. The molecular weight excluding hydrogens is 265 g/mol. The molecule has 19 heavy (non-hydrogen) atoms. The molecule has 100 valence electrons. The lowest BCUT2D eigenvalue weighted by Crippen LogP contribution is -2.10. The zero-order valence-corrected chi connectivity index (χ0v) is 11.3. The van der Waals surface area contributed by atoms with Crippen LogP contribution in [0.5, 0.6) is 5.75 Å². The molecule has 0 saturated carbocycles. The van der Waals surface area contributed by atoms with Crippen LogP contribution >= 0.6 is 11.6 Å². The molecular formula is C15H15ClFNO. The first kappa shape index (κ1) is 13.8. The van der Waals surface area contributed by atoms with Gasteiger partial charge in [-0.2, -0.15) is 0 Å². The van der Waals surface area contributed by atoms with Crippen molar-refractivity contribution in [1.82, 2.24) is 0 Å². The fraction of sp³-hybridized carbons (Fsp3) is 0.200. The summed E-state index contributed by atoms with van der Waals surface area (Å²) in [5.41, 5.74) is 7.13. The lowest BCUT2D eigenvalue weighted by molar-refractivity contribution is 0.299. The van der Waals surface area contributed by atoms with E-state index in [4.69, 9.17) is 22.1 Å². The van der Waals surface area contributed by atoms with Crippen molar-refractivity contribution in [2.75, 3.05) is 0 Å². The van der Waals surface area contributed by atoms with Gasteiger partial charge in [0.05, 0.1) is 0 Å². The molecule has 2 nitrogen and oxygen atoms in total. The Labute approximate surface area is 117 Å². The topological polar surface area (TPSA) is 35.2 Å². The second kappa shape index (κ2) is 6.04. The maximum absolute atomic E-state index is 13.7. The van der Waals surface area contributed by atoms with Crippen molar-refractivity contribution in [2.45, 2.75) is 19.6 Å². The highest BCUT2D eigenvalue weighted by molar-refractivity contribution is 6.30. The van der Waals surface area contributed by atoms with Crippen LogP contribution in [0.2, 0.25) is 5.02 Å². The second-order valence-electron chi connectivity index (χ2n) is 4.36. The Hall–Kier alpha value is -1.58. The summed E-state index contributed by atoms with van der Waals surface area (Å²) in [6, 6.07) is 11.6. The molecule has 0 aliphatic rings. The molecule has 4 heteroatoms. The van der Waals surface area contributed by atoms with E-state index in [-0.39, 0.29) is 5.82 Å². The van der Waals surface area contributed by atoms with Crippen molar-refractivity contribution in [3.8, 4) is 5.75 Å². The first-order valence-electron chi connectivity index (χ1n) is 5.99. The standard InChI is InChI=1S/C15H15ClFNO/c1-10(18)15-13(17)3-2-4-14(15)19-9-11-5-7-12(16)8-6-11/h2-8,10H,9,18H2,1H3. The van der Waals surface area contributed by atoms with Crippen molar-refractivity contribution in [2.24, 2.45) is 5.73 Å². The Morgan fingerprint density at radius 2 is 1.89 bits per heavy atom. The van der Waals surface area contributed by atoms with Crippen molar-refractivity contribution in [1.29, 1.82) is 0 Å². The number of benzene rings is 2. The van der Waals surface area contributed by atoms with Gasteiger partial charge < -0.3 is 10.5 Å². The minimum atomic E-state index is -0.415.